The molecule has 0 fully saturated rings. The van der Waals surface area contributed by atoms with Gasteiger partial charge in [0.1, 0.15) is 0 Å². The van der Waals surface area contributed by atoms with Gasteiger partial charge >= 0.3 is 5.84 Å². The minimum Gasteiger partial charge on any atom is -0.423 e. The van der Waals surface area contributed by atoms with Crippen molar-refractivity contribution in [1.82, 2.24) is 9.38 Å². The lowest BCUT2D eigenvalue weighted by atomic mass is 10.0. The standard InChI is InChI=1S/C21H14N2O/c1-2-7-15(8-3-1)16-9-6-10-17(13-16)18-14-23-19-11-4-5-12-20(19)24-21(23)22-18/h1-14H. The first kappa shape index (κ1) is 13.1. The van der Waals surface area contributed by atoms with Crippen molar-refractivity contribution >= 4 is 16.9 Å². The topological polar surface area (TPSA) is 30.4 Å². The van der Waals surface area contributed by atoms with E-state index < -0.39 is 0 Å². The van der Waals surface area contributed by atoms with Crippen LogP contribution in [0.1, 0.15) is 0 Å². The third-order valence-electron chi connectivity index (χ3n) is 4.27. The highest BCUT2D eigenvalue weighted by atomic mass is 16.4. The Hall–Kier alpha value is -3.33. The van der Waals surface area contributed by atoms with Crippen LogP contribution < -0.4 is 0 Å². The molecule has 0 aliphatic heterocycles. The van der Waals surface area contributed by atoms with E-state index >= 15 is 0 Å². The number of aromatic nitrogens is 2. The van der Waals surface area contributed by atoms with Crippen molar-refractivity contribution in [2.75, 3.05) is 0 Å². The lowest BCUT2D eigenvalue weighted by Gasteiger charge is -2.03. The van der Waals surface area contributed by atoms with Crippen molar-refractivity contribution in [3.05, 3.63) is 85.1 Å². The van der Waals surface area contributed by atoms with Crippen molar-refractivity contribution in [2.45, 2.75) is 0 Å². The maximum absolute atomic E-state index is 5.82. The normalized spacial score (nSPS) is 11.3. The summed E-state index contributed by atoms with van der Waals surface area (Å²) in [4.78, 5) is 4.65. The number of oxazole rings is 1. The Bertz CT molecular complexity index is 1150. The smallest absolute Gasteiger partial charge is 0.307 e. The van der Waals surface area contributed by atoms with E-state index in [1.165, 1.54) is 11.1 Å². The first-order valence-electron chi connectivity index (χ1n) is 7.91. The van der Waals surface area contributed by atoms with Crippen LogP contribution in [-0.4, -0.2) is 9.38 Å². The van der Waals surface area contributed by atoms with Crippen molar-refractivity contribution in [1.29, 1.82) is 0 Å². The molecule has 0 amide bonds. The summed E-state index contributed by atoms with van der Waals surface area (Å²) in [5, 5.41) is 0. The fraction of sp³-hybridized carbons (Fsp3) is 0. The molecular weight excluding hydrogens is 296 g/mol. The van der Waals surface area contributed by atoms with Crippen LogP contribution in [-0.2, 0) is 0 Å². The maximum atomic E-state index is 5.82. The quantitative estimate of drug-likeness (QED) is 0.436. The third kappa shape index (κ3) is 2.02. The SMILES string of the molecule is c1ccc(-c2cccc(-c3cn4c(n3)oc3ccccc34)c2)cc1. The highest BCUT2D eigenvalue weighted by Crippen LogP contribution is 2.28. The molecule has 0 saturated heterocycles. The first-order chi connectivity index (χ1) is 11.9. The van der Waals surface area contributed by atoms with Crippen LogP contribution in [0.3, 0.4) is 0 Å². The molecule has 0 aliphatic carbocycles. The molecule has 2 aromatic heterocycles. The van der Waals surface area contributed by atoms with Gasteiger partial charge in [-0.25, -0.2) is 0 Å². The minimum atomic E-state index is 0.622. The van der Waals surface area contributed by atoms with Crippen LogP contribution in [0.2, 0.25) is 0 Å². The van der Waals surface area contributed by atoms with E-state index in [-0.39, 0.29) is 0 Å². The van der Waals surface area contributed by atoms with Crippen LogP contribution >= 0.6 is 0 Å². The Labute approximate surface area is 138 Å². The molecule has 0 unspecified atom stereocenters. The molecule has 0 atom stereocenters. The van der Waals surface area contributed by atoms with E-state index in [4.69, 9.17) is 4.42 Å². The summed E-state index contributed by atoms with van der Waals surface area (Å²) in [7, 11) is 0. The van der Waals surface area contributed by atoms with Gasteiger partial charge in [0.15, 0.2) is 5.58 Å². The van der Waals surface area contributed by atoms with Gasteiger partial charge in [-0.05, 0) is 29.3 Å². The summed E-state index contributed by atoms with van der Waals surface area (Å²) in [5.41, 5.74) is 6.27. The number of hydrogen-bond acceptors (Lipinski definition) is 2. The third-order valence-corrected chi connectivity index (χ3v) is 4.27. The average molecular weight is 310 g/mol. The van der Waals surface area contributed by atoms with Crippen LogP contribution in [0, 0.1) is 0 Å². The zero-order valence-corrected chi connectivity index (χ0v) is 12.9. The molecule has 5 aromatic rings. The van der Waals surface area contributed by atoms with Gasteiger partial charge in [-0.1, -0.05) is 60.7 Å². The summed E-state index contributed by atoms with van der Waals surface area (Å²) in [6.07, 6.45) is 2.03. The molecule has 2 heterocycles. The largest absolute Gasteiger partial charge is 0.423 e. The summed E-state index contributed by atoms with van der Waals surface area (Å²) >= 11 is 0. The lowest BCUT2D eigenvalue weighted by molar-refractivity contribution is 0.642. The molecule has 0 aliphatic rings. The second-order valence-electron chi connectivity index (χ2n) is 5.80. The van der Waals surface area contributed by atoms with E-state index in [0.29, 0.717) is 5.84 Å². The highest BCUT2D eigenvalue weighted by Gasteiger charge is 2.11. The van der Waals surface area contributed by atoms with E-state index in [9.17, 15) is 0 Å². The molecule has 5 rings (SSSR count). The Morgan fingerprint density at radius 1 is 0.708 bits per heavy atom. The molecular formula is C21H14N2O. The molecule has 0 bridgehead atoms. The lowest BCUT2D eigenvalue weighted by Crippen LogP contribution is -1.81. The van der Waals surface area contributed by atoms with Crippen molar-refractivity contribution in [3.8, 4) is 22.4 Å². The van der Waals surface area contributed by atoms with E-state index in [2.05, 4.69) is 53.5 Å². The summed E-state index contributed by atoms with van der Waals surface area (Å²) in [5.74, 6) is 0.622. The molecule has 3 aromatic carbocycles. The fourth-order valence-corrected chi connectivity index (χ4v) is 3.08. The van der Waals surface area contributed by atoms with Crippen molar-refractivity contribution in [2.24, 2.45) is 0 Å². The highest BCUT2D eigenvalue weighted by molar-refractivity contribution is 5.78. The first-order valence-corrected chi connectivity index (χ1v) is 7.91. The van der Waals surface area contributed by atoms with Crippen LogP contribution in [0.5, 0.6) is 0 Å². The van der Waals surface area contributed by atoms with E-state index in [1.54, 1.807) is 0 Å². The second kappa shape index (κ2) is 5.10. The van der Waals surface area contributed by atoms with Gasteiger partial charge < -0.3 is 4.42 Å². The Balaban J connectivity index is 1.65. The minimum absolute atomic E-state index is 0.622. The van der Waals surface area contributed by atoms with Gasteiger partial charge in [0.05, 0.1) is 11.2 Å². The predicted octanol–water partition coefficient (Wildman–Crippen LogP) is 5.41. The van der Waals surface area contributed by atoms with E-state index in [1.807, 2.05) is 40.9 Å². The van der Waals surface area contributed by atoms with Crippen molar-refractivity contribution in [3.63, 3.8) is 0 Å². The zero-order chi connectivity index (χ0) is 15.9. The summed E-state index contributed by atoms with van der Waals surface area (Å²) in [6.45, 7) is 0. The number of fused-ring (bicyclic) bond motifs is 3. The Morgan fingerprint density at radius 3 is 2.38 bits per heavy atom. The number of rotatable bonds is 2. The van der Waals surface area contributed by atoms with Gasteiger partial charge in [0, 0.05) is 11.8 Å². The van der Waals surface area contributed by atoms with Crippen LogP contribution in [0.25, 0.3) is 39.3 Å². The molecule has 3 heteroatoms. The molecule has 24 heavy (non-hydrogen) atoms. The number of benzene rings is 3. The molecule has 0 spiro atoms. The molecule has 0 N–H and O–H groups in total. The van der Waals surface area contributed by atoms with E-state index in [0.717, 1.165) is 22.4 Å². The molecule has 3 nitrogen and oxygen atoms in total. The zero-order valence-electron chi connectivity index (χ0n) is 12.9. The van der Waals surface area contributed by atoms with Crippen LogP contribution in [0.15, 0.2) is 89.5 Å². The van der Waals surface area contributed by atoms with Crippen molar-refractivity contribution < 1.29 is 4.42 Å². The molecule has 0 saturated carbocycles. The molecule has 0 radical (unpaired) electrons. The van der Waals surface area contributed by atoms with Gasteiger partial charge in [0.2, 0.25) is 0 Å². The predicted molar refractivity (Wildman–Crippen MR) is 95.8 cm³/mol. The Kier molecular flexibility index (Phi) is 2.79. The summed E-state index contributed by atoms with van der Waals surface area (Å²) < 4.78 is 7.82. The van der Waals surface area contributed by atoms with Crippen LogP contribution in [0.4, 0.5) is 0 Å². The number of hydrogen-bond donors (Lipinski definition) is 0. The van der Waals surface area contributed by atoms with Gasteiger partial charge in [-0.15, -0.1) is 0 Å². The molecule has 114 valence electrons. The monoisotopic (exact) mass is 310 g/mol. The Morgan fingerprint density at radius 2 is 1.46 bits per heavy atom. The number of para-hydroxylation sites is 2. The number of imidazole rings is 1. The maximum Gasteiger partial charge on any atom is 0.307 e. The number of nitrogens with zero attached hydrogens (tertiary/aromatic N) is 2. The fourth-order valence-electron chi connectivity index (χ4n) is 3.08. The summed E-state index contributed by atoms with van der Waals surface area (Å²) in [6, 6.07) is 26.8. The second-order valence-corrected chi connectivity index (χ2v) is 5.80. The van der Waals surface area contributed by atoms with Gasteiger partial charge in [-0.2, -0.15) is 4.98 Å². The average Bonchev–Trinajstić information content (AvgIpc) is 3.21. The van der Waals surface area contributed by atoms with Gasteiger partial charge in [0.25, 0.3) is 0 Å². The van der Waals surface area contributed by atoms with Gasteiger partial charge in [-0.3, -0.25) is 4.40 Å².